The minimum atomic E-state index is 0.731. The van der Waals surface area contributed by atoms with Crippen LogP contribution in [-0.4, -0.2) is 31.1 Å². The van der Waals surface area contributed by atoms with E-state index in [9.17, 15) is 0 Å². The molecule has 0 unspecified atom stereocenters. The molecule has 3 aromatic carbocycles. The van der Waals surface area contributed by atoms with Gasteiger partial charge in [0.2, 0.25) is 0 Å². The number of aryl methyl sites for hydroxylation is 1. The van der Waals surface area contributed by atoms with Crippen molar-refractivity contribution in [3.63, 3.8) is 0 Å². The average Bonchev–Trinajstić information content (AvgIpc) is 2.80. The maximum atomic E-state index is 9.07. The van der Waals surface area contributed by atoms with Gasteiger partial charge in [0.1, 0.15) is 5.75 Å². The van der Waals surface area contributed by atoms with Gasteiger partial charge in [0.15, 0.2) is 0 Å². The zero-order valence-electron chi connectivity index (χ0n) is 17.1. The van der Waals surface area contributed by atoms with Crippen LogP contribution in [0.5, 0.6) is 5.75 Å². The van der Waals surface area contributed by atoms with Crippen LogP contribution < -0.4 is 9.08 Å². The quantitative estimate of drug-likeness (QED) is 0.513. The number of nitriles is 1. The van der Waals surface area contributed by atoms with Crippen LogP contribution in [0.15, 0.2) is 77.7 Å². The Morgan fingerprint density at radius 3 is 2.37 bits per heavy atom. The Morgan fingerprint density at radius 2 is 1.67 bits per heavy atom. The molecule has 4 nitrogen and oxygen atoms in total. The van der Waals surface area contributed by atoms with Gasteiger partial charge in [0.25, 0.3) is 0 Å². The van der Waals surface area contributed by atoms with E-state index in [1.807, 2.05) is 30.3 Å². The molecule has 30 heavy (non-hydrogen) atoms. The zero-order valence-corrected chi connectivity index (χ0v) is 17.9. The topological polar surface area (TPSA) is 39.5 Å². The van der Waals surface area contributed by atoms with Crippen LogP contribution in [0.25, 0.3) is 0 Å². The fraction of sp³-hybridized carbons (Fsp3) is 0.240. The van der Waals surface area contributed by atoms with Gasteiger partial charge in [-0.3, -0.25) is 4.90 Å². The summed E-state index contributed by atoms with van der Waals surface area (Å²) in [5.74, 6) is 0.861. The predicted octanol–water partition coefficient (Wildman–Crippen LogP) is 5.28. The van der Waals surface area contributed by atoms with E-state index >= 15 is 0 Å². The Bertz CT molecular complexity index is 1000. The molecule has 1 aliphatic heterocycles. The third kappa shape index (κ3) is 5.35. The molecule has 0 bridgehead atoms. The summed E-state index contributed by atoms with van der Waals surface area (Å²) in [6, 6.07) is 26.8. The smallest absolute Gasteiger partial charge is 0.138 e. The fourth-order valence-corrected chi connectivity index (χ4v) is 4.11. The van der Waals surface area contributed by atoms with Gasteiger partial charge in [-0.05, 0) is 61.0 Å². The van der Waals surface area contributed by atoms with E-state index < -0.39 is 0 Å². The van der Waals surface area contributed by atoms with E-state index in [1.54, 1.807) is 0 Å². The van der Waals surface area contributed by atoms with Crippen LogP contribution in [0.4, 0.5) is 5.69 Å². The Labute approximate surface area is 182 Å². The summed E-state index contributed by atoms with van der Waals surface area (Å²) in [6.45, 7) is 7.00. The van der Waals surface area contributed by atoms with Crippen molar-refractivity contribution in [1.29, 1.82) is 5.26 Å². The number of rotatable bonds is 6. The maximum absolute atomic E-state index is 9.07. The first-order chi connectivity index (χ1) is 14.7. The summed E-state index contributed by atoms with van der Waals surface area (Å²) in [5.41, 5.74) is 4.41. The first-order valence-electron chi connectivity index (χ1n) is 10.2. The molecule has 0 amide bonds. The first-order valence-corrected chi connectivity index (χ1v) is 10.9. The number of nitrogens with zero attached hydrogens (tertiary/aromatic N) is 3. The van der Waals surface area contributed by atoms with Crippen molar-refractivity contribution in [2.45, 2.75) is 18.4 Å². The second kappa shape index (κ2) is 9.71. The van der Waals surface area contributed by atoms with Crippen molar-refractivity contribution >= 4 is 17.7 Å². The molecule has 0 radical (unpaired) electrons. The summed E-state index contributed by atoms with van der Waals surface area (Å²) in [4.78, 5) is 5.96. The highest BCUT2D eigenvalue weighted by Crippen LogP contribution is 2.26. The molecule has 0 N–H and O–H groups in total. The lowest BCUT2D eigenvalue weighted by atomic mass is 10.1. The molecule has 0 aliphatic carbocycles. The van der Waals surface area contributed by atoms with Crippen LogP contribution in [0.3, 0.4) is 0 Å². The van der Waals surface area contributed by atoms with Gasteiger partial charge in [0, 0.05) is 43.3 Å². The molecule has 1 saturated heterocycles. The molecule has 4 rings (SSSR count). The number of piperazine rings is 1. The SMILES string of the molecule is Cc1ccc(SOc2ccc(N3CCN(Cc4cccc(C#N)c4)CC3)cc2)cc1. The normalized spacial score (nSPS) is 14.3. The lowest BCUT2D eigenvalue weighted by molar-refractivity contribution is 0.250. The number of hydrogen-bond acceptors (Lipinski definition) is 5. The average molecular weight is 416 g/mol. The van der Waals surface area contributed by atoms with Crippen LogP contribution in [-0.2, 0) is 6.54 Å². The molecule has 3 aromatic rings. The standard InChI is InChI=1S/C25H25N3OS/c1-20-5-11-25(12-6-20)30-29-24-9-7-23(8-10-24)28-15-13-27(14-16-28)19-22-4-2-3-21(17-22)18-26/h2-12,17H,13-16,19H2,1H3. The van der Waals surface area contributed by atoms with Gasteiger partial charge in [-0.25, -0.2) is 0 Å². The molecule has 0 spiro atoms. The molecule has 0 aromatic heterocycles. The van der Waals surface area contributed by atoms with Crippen molar-refractivity contribution in [3.05, 3.63) is 89.5 Å². The maximum Gasteiger partial charge on any atom is 0.138 e. The van der Waals surface area contributed by atoms with Crippen LogP contribution in [0.1, 0.15) is 16.7 Å². The number of anilines is 1. The number of benzene rings is 3. The van der Waals surface area contributed by atoms with Gasteiger partial charge >= 0.3 is 0 Å². The highest BCUT2D eigenvalue weighted by Gasteiger charge is 2.17. The van der Waals surface area contributed by atoms with Crippen molar-refractivity contribution in [1.82, 2.24) is 4.90 Å². The minimum absolute atomic E-state index is 0.731. The summed E-state index contributed by atoms with van der Waals surface area (Å²) in [7, 11) is 0. The summed E-state index contributed by atoms with van der Waals surface area (Å²) >= 11 is 1.39. The van der Waals surface area contributed by atoms with E-state index in [2.05, 4.69) is 65.3 Å². The molecule has 1 aliphatic rings. The molecule has 1 heterocycles. The lowest BCUT2D eigenvalue weighted by Gasteiger charge is -2.36. The third-order valence-electron chi connectivity index (χ3n) is 5.29. The van der Waals surface area contributed by atoms with Crippen molar-refractivity contribution in [3.8, 4) is 11.8 Å². The van der Waals surface area contributed by atoms with Gasteiger partial charge in [-0.2, -0.15) is 5.26 Å². The van der Waals surface area contributed by atoms with E-state index in [1.165, 1.54) is 28.9 Å². The molecule has 5 heteroatoms. The van der Waals surface area contributed by atoms with E-state index in [4.69, 9.17) is 9.44 Å². The fourth-order valence-electron chi connectivity index (χ4n) is 3.56. The zero-order chi connectivity index (χ0) is 20.8. The van der Waals surface area contributed by atoms with Crippen LogP contribution in [0, 0.1) is 18.3 Å². The molecule has 0 atom stereocenters. The van der Waals surface area contributed by atoms with Gasteiger partial charge in [-0.15, -0.1) is 0 Å². The van der Waals surface area contributed by atoms with E-state index in [-0.39, 0.29) is 0 Å². The van der Waals surface area contributed by atoms with Crippen molar-refractivity contribution in [2.75, 3.05) is 31.1 Å². The van der Waals surface area contributed by atoms with Crippen molar-refractivity contribution < 1.29 is 4.18 Å². The Balaban J connectivity index is 1.27. The summed E-state index contributed by atoms with van der Waals surface area (Å²) in [5, 5.41) is 9.07. The van der Waals surface area contributed by atoms with E-state index in [0.29, 0.717) is 0 Å². The molecule has 152 valence electrons. The lowest BCUT2D eigenvalue weighted by Crippen LogP contribution is -2.45. The third-order valence-corrected chi connectivity index (χ3v) is 6.03. The molecule has 1 fully saturated rings. The monoisotopic (exact) mass is 415 g/mol. The van der Waals surface area contributed by atoms with Crippen molar-refractivity contribution in [2.24, 2.45) is 0 Å². The Morgan fingerprint density at radius 1 is 0.933 bits per heavy atom. The highest BCUT2D eigenvalue weighted by atomic mass is 32.2. The molecule has 0 saturated carbocycles. The van der Waals surface area contributed by atoms with Gasteiger partial charge in [0.05, 0.1) is 23.7 Å². The second-order valence-electron chi connectivity index (χ2n) is 7.55. The first kappa shape index (κ1) is 20.3. The number of hydrogen-bond donors (Lipinski definition) is 0. The predicted molar refractivity (Wildman–Crippen MR) is 123 cm³/mol. The van der Waals surface area contributed by atoms with E-state index in [0.717, 1.165) is 48.9 Å². The Kier molecular flexibility index (Phi) is 6.58. The highest BCUT2D eigenvalue weighted by molar-refractivity contribution is 7.95. The minimum Gasteiger partial charge on any atom is -0.421 e. The van der Waals surface area contributed by atoms with Gasteiger partial charge < -0.3 is 9.08 Å². The van der Waals surface area contributed by atoms with Gasteiger partial charge in [-0.1, -0.05) is 29.8 Å². The second-order valence-corrected chi connectivity index (χ2v) is 8.35. The van der Waals surface area contributed by atoms with Crippen LogP contribution in [0.2, 0.25) is 0 Å². The molecular formula is C25H25N3OS. The van der Waals surface area contributed by atoms with Crippen LogP contribution >= 0.6 is 12.0 Å². The summed E-state index contributed by atoms with van der Waals surface area (Å²) < 4.78 is 5.84. The Hall–Kier alpha value is -2.94. The largest absolute Gasteiger partial charge is 0.421 e. The molecular weight excluding hydrogens is 390 g/mol. The summed E-state index contributed by atoms with van der Waals surface area (Å²) in [6.07, 6.45) is 0.